The number of ether oxygens (including phenoxy) is 1. The minimum Gasteiger partial charge on any atom is -0.475 e. The van der Waals surface area contributed by atoms with E-state index in [2.05, 4.69) is 4.99 Å². The van der Waals surface area contributed by atoms with Crippen molar-refractivity contribution < 1.29 is 4.74 Å². The van der Waals surface area contributed by atoms with E-state index in [4.69, 9.17) is 22.1 Å². The van der Waals surface area contributed by atoms with Crippen molar-refractivity contribution in [3.63, 3.8) is 0 Å². The molecule has 0 amide bonds. The van der Waals surface area contributed by atoms with Crippen LogP contribution in [0.5, 0.6) is 0 Å². The van der Waals surface area contributed by atoms with E-state index in [1.165, 1.54) is 0 Å². The van der Waals surface area contributed by atoms with Gasteiger partial charge in [-0.05, 0) is 37.6 Å². The van der Waals surface area contributed by atoms with Gasteiger partial charge >= 0.3 is 0 Å². The molecule has 86 valence electrons. The normalized spacial score (nSPS) is 19.4. The monoisotopic (exact) mass is 238 g/mol. The molecule has 1 atom stereocenters. The Morgan fingerprint density at radius 2 is 2.38 bits per heavy atom. The molecule has 0 radical (unpaired) electrons. The first-order chi connectivity index (χ1) is 7.79. The van der Waals surface area contributed by atoms with Gasteiger partial charge in [-0.2, -0.15) is 0 Å². The summed E-state index contributed by atoms with van der Waals surface area (Å²) in [5.41, 5.74) is 6.41. The topological polar surface area (TPSA) is 47.6 Å². The lowest BCUT2D eigenvalue weighted by molar-refractivity contribution is 0.311. The summed E-state index contributed by atoms with van der Waals surface area (Å²) in [6.45, 7) is 1.36. The number of aliphatic imine (C=N–C) groups is 1. The molecule has 1 heterocycles. The predicted molar refractivity (Wildman–Crippen MR) is 66.0 cm³/mol. The summed E-state index contributed by atoms with van der Waals surface area (Å²) < 4.78 is 5.55. The van der Waals surface area contributed by atoms with Crippen molar-refractivity contribution in [2.75, 3.05) is 13.2 Å². The number of nitrogens with two attached hydrogens (primary N) is 1. The minimum absolute atomic E-state index is 0.248. The minimum atomic E-state index is 0.248. The highest BCUT2D eigenvalue weighted by Crippen LogP contribution is 2.18. The van der Waals surface area contributed by atoms with Crippen molar-refractivity contribution in [1.82, 2.24) is 0 Å². The first-order valence-corrected chi connectivity index (χ1v) is 5.84. The first-order valence-electron chi connectivity index (χ1n) is 5.46. The third-order valence-electron chi connectivity index (χ3n) is 2.53. The summed E-state index contributed by atoms with van der Waals surface area (Å²) in [6, 6.07) is 7.81. The zero-order valence-electron chi connectivity index (χ0n) is 9.03. The van der Waals surface area contributed by atoms with Gasteiger partial charge in [0.05, 0.1) is 6.04 Å². The van der Waals surface area contributed by atoms with Crippen molar-refractivity contribution in [2.45, 2.75) is 18.9 Å². The molecule has 0 saturated heterocycles. The fraction of sp³-hybridized carbons (Fsp3) is 0.417. The van der Waals surface area contributed by atoms with Crippen LogP contribution in [-0.4, -0.2) is 25.1 Å². The van der Waals surface area contributed by atoms with Crippen LogP contribution in [0.2, 0.25) is 5.02 Å². The zero-order chi connectivity index (χ0) is 11.4. The highest BCUT2D eigenvalue weighted by atomic mass is 35.5. The lowest BCUT2D eigenvalue weighted by atomic mass is 10.2. The van der Waals surface area contributed by atoms with Crippen LogP contribution in [0.15, 0.2) is 29.3 Å². The second-order valence-electron chi connectivity index (χ2n) is 3.84. The molecule has 4 heteroatoms. The standard InChI is InChI=1S/C12H15ClN2O/c13-10-4-1-3-9(7-10)12-15-11(8-16-12)5-2-6-14/h1,3-4,7,11H,2,5-6,8,14H2. The van der Waals surface area contributed by atoms with Crippen LogP contribution < -0.4 is 5.73 Å². The summed E-state index contributed by atoms with van der Waals surface area (Å²) >= 11 is 5.92. The lowest BCUT2D eigenvalue weighted by Gasteiger charge is -2.01. The zero-order valence-corrected chi connectivity index (χ0v) is 9.78. The van der Waals surface area contributed by atoms with Gasteiger partial charge < -0.3 is 10.5 Å². The number of hydrogen-bond acceptors (Lipinski definition) is 3. The average Bonchev–Trinajstić information content (AvgIpc) is 2.75. The fourth-order valence-electron chi connectivity index (χ4n) is 1.70. The number of halogens is 1. The Labute approximate surface area is 100 Å². The number of rotatable bonds is 4. The van der Waals surface area contributed by atoms with E-state index in [0.717, 1.165) is 18.4 Å². The quantitative estimate of drug-likeness (QED) is 0.875. The molecular weight excluding hydrogens is 224 g/mol. The maximum atomic E-state index is 5.92. The Kier molecular flexibility index (Phi) is 3.80. The Bertz CT molecular complexity index is 392. The molecule has 0 bridgehead atoms. The molecular formula is C12H15ClN2O. The third-order valence-corrected chi connectivity index (χ3v) is 2.76. The van der Waals surface area contributed by atoms with Crippen molar-refractivity contribution in [1.29, 1.82) is 0 Å². The molecule has 0 fully saturated rings. The van der Waals surface area contributed by atoms with Crippen molar-refractivity contribution in [3.05, 3.63) is 34.9 Å². The van der Waals surface area contributed by atoms with E-state index in [9.17, 15) is 0 Å². The molecule has 1 aliphatic heterocycles. The highest BCUT2D eigenvalue weighted by Gasteiger charge is 2.19. The van der Waals surface area contributed by atoms with Crippen molar-refractivity contribution >= 4 is 17.5 Å². The molecule has 2 rings (SSSR count). The van der Waals surface area contributed by atoms with Gasteiger partial charge in [0.1, 0.15) is 6.61 Å². The molecule has 16 heavy (non-hydrogen) atoms. The van der Waals surface area contributed by atoms with Gasteiger partial charge in [-0.25, -0.2) is 4.99 Å². The van der Waals surface area contributed by atoms with E-state index in [-0.39, 0.29) is 6.04 Å². The van der Waals surface area contributed by atoms with Gasteiger partial charge in [0.25, 0.3) is 0 Å². The van der Waals surface area contributed by atoms with Crippen LogP contribution in [-0.2, 0) is 4.74 Å². The number of hydrogen-bond donors (Lipinski definition) is 1. The maximum Gasteiger partial charge on any atom is 0.216 e. The Morgan fingerprint density at radius 3 is 3.12 bits per heavy atom. The van der Waals surface area contributed by atoms with E-state index in [1.807, 2.05) is 24.3 Å². The number of nitrogens with zero attached hydrogens (tertiary/aromatic N) is 1. The summed E-state index contributed by atoms with van der Waals surface area (Å²) in [5, 5.41) is 0.703. The van der Waals surface area contributed by atoms with Crippen LogP contribution in [0.3, 0.4) is 0 Å². The molecule has 1 unspecified atom stereocenters. The van der Waals surface area contributed by atoms with Crippen molar-refractivity contribution in [2.24, 2.45) is 10.7 Å². The molecule has 3 nitrogen and oxygen atoms in total. The largest absolute Gasteiger partial charge is 0.475 e. The van der Waals surface area contributed by atoms with Gasteiger partial charge in [-0.1, -0.05) is 17.7 Å². The highest BCUT2D eigenvalue weighted by molar-refractivity contribution is 6.30. The molecule has 1 aromatic rings. The van der Waals surface area contributed by atoms with E-state index in [1.54, 1.807) is 0 Å². The summed E-state index contributed by atoms with van der Waals surface area (Å²) in [5.74, 6) is 0.699. The van der Waals surface area contributed by atoms with E-state index in [0.29, 0.717) is 24.1 Å². The number of benzene rings is 1. The Hall–Kier alpha value is -1.06. The second-order valence-corrected chi connectivity index (χ2v) is 4.28. The maximum absolute atomic E-state index is 5.92. The molecule has 1 aromatic carbocycles. The van der Waals surface area contributed by atoms with Gasteiger partial charge in [0.2, 0.25) is 5.90 Å². The van der Waals surface area contributed by atoms with Gasteiger partial charge in [-0.15, -0.1) is 0 Å². The van der Waals surface area contributed by atoms with Gasteiger partial charge in [-0.3, -0.25) is 0 Å². The van der Waals surface area contributed by atoms with Crippen LogP contribution in [0.4, 0.5) is 0 Å². The van der Waals surface area contributed by atoms with Crippen LogP contribution in [0, 0.1) is 0 Å². The smallest absolute Gasteiger partial charge is 0.216 e. The summed E-state index contributed by atoms with van der Waals surface area (Å²) in [7, 11) is 0. The van der Waals surface area contributed by atoms with Crippen LogP contribution >= 0.6 is 11.6 Å². The Morgan fingerprint density at radius 1 is 1.50 bits per heavy atom. The summed E-state index contributed by atoms with van der Waals surface area (Å²) in [4.78, 5) is 4.52. The average molecular weight is 239 g/mol. The lowest BCUT2D eigenvalue weighted by Crippen LogP contribution is -2.09. The molecule has 0 spiro atoms. The van der Waals surface area contributed by atoms with Crippen molar-refractivity contribution in [3.8, 4) is 0 Å². The molecule has 0 saturated carbocycles. The predicted octanol–water partition coefficient (Wildman–Crippen LogP) is 2.22. The molecule has 0 aromatic heterocycles. The van der Waals surface area contributed by atoms with E-state index >= 15 is 0 Å². The van der Waals surface area contributed by atoms with Crippen LogP contribution in [0.1, 0.15) is 18.4 Å². The molecule has 0 aliphatic carbocycles. The molecule has 1 aliphatic rings. The van der Waals surface area contributed by atoms with Gasteiger partial charge in [0, 0.05) is 10.6 Å². The van der Waals surface area contributed by atoms with Crippen LogP contribution in [0.25, 0.3) is 0 Å². The summed E-state index contributed by atoms with van der Waals surface area (Å²) in [6.07, 6.45) is 1.97. The van der Waals surface area contributed by atoms with E-state index < -0.39 is 0 Å². The Balaban J connectivity index is 2.06. The third kappa shape index (κ3) is 2.74. The first kappa shape index (κ1) is 11.4. The fourth-order valence-corrected chi connectivity index (χ4v) is 1.89. The second kappa shape index (κ2) is 5.32. The van der Waals surface area contributed by atoms with Gasteiger partial charge in [0.15, 0.2) is 0 Å². The molecule has 2 N–H and O–H groups in total. The SMILES string of the molecule is NCCCC1COC(c2cccc(Cl)c2)=N1.